The molecule has 3 saturated carbocycles. The third-order valence-electron chi connectivity index (χ3n) is 12.4. The number of esters is 1. The molecule has 2 aliphatic heterocycles. The molecule has 5 fully saturated rings. The van der Waals surface area contributed by atoms with Crippen molar-refractivity contribution < 1.29 is 19.1 Å². The maximum Gasteiger partial charge on any atom is 0.302 e. The number of hydrogen-bond acceptors (Lipinski definition) is 4. The standard InChI is InChI=1S/C31H47NO4/c1-18-9-14-31(32(17-18)20(3)33)19(2)28-27(36-31)16-26-24-8-7-22-15-23(35-21(4)34)10-12-29(22,5)25(24)11-13-30(26,28)6/h7,18-19,23-28H,8-17H2,1-6H3/t18-,19-,23+,24-,25+,26+,27-,28-,29-,30-,31+/m0/s1. The Balaban J connectivity index is 1.26. The second-order valence-electron chi connectivity index (χ2n) is 14.1. The zero-order chi connectivity index (χ0) is 25.6. The highest BCUT2D eigenvalue weighted by atomic mass is 16.5. The summed E-state index contributed by atoms with van der Waals surface area (Å²) in [5, 5.41) is 0. The highest BCUT2D eigenvalue weighted by molar-refractivity contribution is 5.74. The van der Waals surface area contributed by atoms with Gasteiger partial charge in [0.1, 0.15) is 11.8 Å². The van der Waals surface area contributed by atoms with Gasteiger partial charge in [-0.15, -0.1) is 0 Å². The number of piperidine rings is 1. The number of ether oxygens (including phenoxy) is 2. The van der Waals surface area contributed by atoms with Crippen molar-refractivity contribution in [3.05, 3.63) is 11.6 Å². The van der Waals surface area contributed by atoms with Crippen molar-refractivity contribution in [3.63, 3.8) is 0 Å². The lowest BCUT2D eigenvalue weighted by Crippen LogP contribution is -2.60. The number of amides is 1. The van der Waals surface area contributed by atoms with Crippen LogP contribution in [0.15, 0.2) is 11.6 Å². The van der Waals surface area contributed by atoms with E-state index in [1.165, 1.54) is 26.2 Å². The van der Waals surface area contributed by atoms with Gasteiger partial charge in [-0.2, -0.15) is 0 Å². The summed E-state index contributed by atoms with van der Waals surface area (Å²) in [6, 6.07) is 0. The Morgan fingerprint density at radius 2 is 1.83 bits per heavy atom. The van der Waals surface area contributed by atoms with Crippen LogP contribution in [0.2, 0.25) is 0 Å². The number of carbonyl (C=O) groups excluding carboxylic acids is 2. The predicted molar refractivity (Wildman–Crippen MR) is 139 cm³/mol. The molecule has 11 atom stereocenters. The molecule has 36 heavy (non-hydrogen) atoms. The molecular weight excluding hydrogens is 450 g/mol. The zero-order valence-electron chi connectivity index (χ0n) is 23.3. The molecule has 0 bridgehead atoms. The van der Waals surface area contributed by atoms with Crippen LogP contribution < -0.4 is 0 Å². The minimum atomic E-state index is -0.390. The number of fused-ring (bicyclic) bond motifs is 7. The monoisotopic (exact) mass is 497 g/mol. The van der Waals surface area contributed by atoms with Crippen molar-refractivity contribution in [3.8, 4) is 0 Å². The second-order valence-corrected chi connectivity index (χ2v) is 14.1. The van der Waals surface area contributed by atoms with Gasteiger partial charge in [-0.3, -0.25) is 9.59 Å². The van der Waals surface area contributed by atoms with Gasteiger partial charge in [0.25, 0.3) is 0 Å². The molecule has 0 unspecified atom stereocenters. The second kappa shape index (κ2) is 8.32. The van der Waals surface area contributed by atoms with E-state index < -0.39 is 0 Å². The van der Waals surface area contributed by atoms with Gasteiger partial charge in [-0.25, -0.2) is 0 Å². The Bertz CT molecular complexity index is 976. The maximum atomic E-state index is 12.8. The largest absolute Gasteiger partial charge is 0.462 e. The minimum absolute atomic E-state index is 0.0611. The SMILES string of the molecule is CC(=O)O[C@@H]1CC[C@@]2(C)C(=CC[C@@H]3[C@H]4C[C@@H]5O[C@]6(CC[C@H](C)CN6C(C)=O)[C@@H](C)[C@@H]5[C@@]4(C)CC[C@H]32)C1. The number of nitrogens with zero attached hydrogens (tertiary/aromatic N) is 1. The first-order chi connectivity index (χ1) is 17.0. The highest BCUT2D eigenvalue weighted by Gasteiger charge is 2.69. The van der Waals surface area contributed by atoms with Crippen molar-refractivity contribution in [1.82, 2.24) is 4.90 Å². The predicted octanol–water partition coefficient (Wildman–Crippen LogP) is 6.12. The summed E-state index contributed by atoms with van der Waals surface area (Å²) >= 11 is 0. The fraction of sp³-hybridized carbons (Fsp3) is 0.871. The molecule has 5 nitrogen and oxygen atoms in total. The van der Waals surface area contributed by atoms with Crippen molar-refractivity contribution in [2.24, 2.45) is 46.3 Å². The first-order valence-electron chi connectivity index (χ1n) is 14.8. The average Bonchev–Trinajstić information content (AvgIpc) is 3.26. The van der Waals surface area contributed by atoms with E-state index in [9.17, 15) is 9.59 Å². The van der Waals surface area contributed by atoms with Crippen LogP contribution in [0.4, 0.5) is 0 Å². The van der Waals surface area contributed by atoms with Crippen LogP contribution in [0.5, 0.6) is 0 Å². The summed E-state index contributed by atoms with van der Waals surface area (Å²) in [5.74, 6) is 3.64. The fourth-order valence-corrected chi connectivity index (χ4v) is 10.8. The molecule has 1 amide bonds. The molecule has 0 aromatic heterocycles. The Morgan fingerprint density at radius 3 is 2.56 bits per heavy atom. The van der Waals surface area contributed by atoms with E-state index in [1.54, 1.807) is 12.5 Å². The molecule has 0 N–H and O–H groups in total. The van der Waals surface area contributed by atoms with Gasteiger partial charge in [0.15, 0.2) is 0 Å². The van der Waals surface area contributed by atoms with E-state index >= 15 is 0 Å². The maximum absolute atomic E-state index is 12.8. The lowest BCUT2D eigenvalue weighted by molar-refractivity contribution is -0.200. The fourth-order valence-electron chi connectivity index (χ4n) is 10.8. The summed E-state index contributed by atoms with van der Waals surface area (Å²) in [5.41, 5.74) is 1.70. The summed E-state index contributed by atoms with van der Waals surface area (Å²) in [4.78, 5) is 26.5. The molecule has 5 heteroatoms. The van der Waals surface area contributed by atoms with Gasteiger partial charge in [0.05, 0.1) is 6.10 Å². The van der Waals surface area contributed by atoms with Gasteiger partial charge in [0, 0.05) is 32.7 Å². The van der Waals surface area contributed by atoms with E-state index in [2.05, 4.69) is 38.7 Å². The van der Waals surface area contributed by atoms with E-state index in [-0.39, 0.29) is 40.6 Å². The van der Waals surface area contributed by atoms with E-state index in [4.69, 9.17) is 9.47 Å². The van der Waals surface area contributed by atoms with Crippen LogP contribution in [-0.4, -0.2) is 41.3 Å². The van der Waals surface area contributed by atoms with E-state index in [1.807, 2.05) is 0 Å². The Kier molecular flexibility index (Phi) is 5.76. The Morgan fingerprint density at radius 1 is 1.06 bits per heavy atom. The van der Waals surface area contributed by atoms with Crippen LogP contribution >= 0.6 is 0 Å². The quantitative estimate of drug-likeness (QED) is 0.324. The summed E-state index contributed by atoms with van der Waals surface area (Å²) < 4.78 is 12.7. The summed E-state index contributed by atoms with van der Waals surface area (Å²) in [6.45, 7) is 13.9. The molecule has 0 radical (unpaired) electrons. The van der Waals surface area contributed by atoms with Crippen LogP contribution in [0.3, 0.4) is 0 Å². The molecule has 0 aromatic rings. The average molecular weight is 498 g/mol. The van der Waals surface area contributed by atoms with Gasteiger partial charge in [0.2, 0.25) is 5.91 Å². The van der Waals surface area contributed by atoms with Crippen LogP contribution in [-0.2, 0) is 19.1 Å². The first-order valence-corrected chi connectivity index (χ1v) is 14.8. The summed E-state index contributed by atoms with van der Waals surface area (Å²) in [6.07, 6.45) is 13.0. The lowest BCUT2D eigenvalue weighted by atomic mass is 9.46. The molecule has 200 valence electrons. The molecule has 1 spiro atoms. The van der Waals surface area contributed by atoms with E-state index in [0.29, 0.717) is 23.7 Å². The molecular formula is C31H47NO4. The van der Waals surface area contributed by atoms with Crippen molar-refractivity contribution in [2.75, 3.05) is 6.54 Å². The molecule has 6 rings (SSSR count). The van der Waals surface area contributed by atoms with Crippen LogP contribution in [0.25, 0.3) is 0 Å². The van der Waals surface area contributed by atoms with Crippen molar-refractivity contribution in [1.29, 1.82) is 0 Å². The smallest absolute Gasteiger partial charge is 0.302 e. The third-order valence-corrected chi connectivity index (χ3v) is 12.4. The third kappa shape index (κ3) is 3.36. The Hall–Kier alpha value is -1.36. The number of allylic oxidation sites excluding steroid dienone is 1. The van der Waals surface area contributed by atoms with Gasteiger partial charge < -0.3 is 14.4 Å². The summed E-state index contributed by atoms with van der Waals surface area (Å²) in [7, 11) is 0. The topological polar surface area (TPSA) is 55.8 Å². The number of hydrogen-bond donors (Lipinski definition) is 0. The number of likely N-dealkylation sites (tertiary alicyclic amines) is 1. The molecule has 2 heterocycles. The van der Waals surface area contributed by atoms with Crippen LogP contribution in [0, 0.1) is 46.3 Å². The molecule has 0 aromatic carbocycles. The van der Waals surface area contributed by atoms with E-state index in [0.717, 1.165) is 56.9 Å². The number of carbonyl (C=O) groups is 2. The molecule has 4 aliphatic carbocycles. The van der Waals surface area contributed by atoms with Gasteiger partial charge in [-0.05, 0) is 91.8 Å². The molecule has 2 saturated heterocycles. The Labute approximate surface area is 217 Å². The van der Waals surface area contributed by atoms with Crippen molar-refractivity contribution in [2.45, 2.75) is 117 Å². The zero-order valence-corrected chi connectivity index (χ0v) is 23.3. The first kappa shape index (κ1) is 24.9. The van der Waals surface area contributed by atoms with Gasteiger partial charge >= 0.3 is 5.97 Å². The van der Waals surface area contributed by atoms with Gasteiger partial charge in [-0.1, -0.05) is 39.3 Å². The highest BCUT2D eigenvalue weighted by Crippen LogP contribution is 2.70. The van der Waals surface area contributed by atoms with Crippen molar-refractivity contribution >= 4 is 11.9 Å². The lowest BCUT2D eigenvalue weighted by Gasteiger charge is -2.59. The normalized spacial score (nSPS) is 51.6. The van der Waals surface area contributed by atoms with Crippen LogP contribution in [0.1, 0.15) is 99.3 Å². The number of rotatable bonds is 1. The molecule has 6 aliphatic rings. The minimum Gasteiger partial charge on any atom is -0.462 e.